The zero-order valence-electron chi connectivity index (χ0n) is 33.4. The van der Waals surface area contributed by atoms with Crippen molar-refractivity contribution in [2.75, 3.05) is 19.6 Å². The lowest BCUT2D eigenvalue weighted by atomic mass is 10.0. The van der Waals surface area contributed by atoms with Crippen molar-refractivity contribution in [2.24, 2.45) is 33.8 Å². The molecule has 2 fully saturated rings. The molecular weight excluding hydrogens is 754 g/mol. The first-order chi connectivity index (χ1) is 27.4. The Hall–Kier alpha value is -5.79. The van der Waals surface area contributed by atoms with E-state index in [-0.39, 0.29) is 57.7 Å². The minimum absolute atomic E-state index is 0.0219. The average molecular weight is 814 g/mol. The molecular formula is C38H59N11O9. The van der Waals surface area contributed by atoms with Crippen LogP contribution >= 0.6 is 0 Å². The van der Waals surface area contributed by atoms with E-state index in [1.54, 1.807) is 38.1 Å². The van der Waals surface area contributed by atoms with Crippen LogP contribution in [0, 0.1) is 5.92 Å². The minimum atomic E-state index is -1.38. The summed E-state index contributed by atoms with van der Waals surface area (Å²) in [7, 11) is 0. The molecule has 320 valence electrons. The van der Waals surface area contributed by atoms with Crippen LogP contribution in [-0.2, 0) is 44.8 Å². The fraction of sp³-hybridized carbons (Fsp3) is 0.605. The van der Waals surface area contributed by atoms with Crippen molar-refractivity contribution in [1.82, 2.24) is 31.1 Å². The second kappa shape index (κ2) is 22.2. The number of carboxylic acids is 1. The summed E-state index contributed by atoms with van der Waals surface area (Å²) in [4.78, 5) is 112. The molecule has 3 rings (SSSR count). The Kier molecular flexibility index (Phi) is 17.9. The van der Waals surface area contributed by atoms with Crippen molar-refractivity contribution < 1.29 is 43.5 Å². The van der Waals surface area contributed by atoms with Gasteiger partial charge >= 0.3 is 5.97 Å². The van der Waals surface area contributed by atoms with E-state index in [0.29, 0.717) is 25.7 Å². The lowest BCUT2D eigenvalue weighted by molar-refractivity contribution is -0.152. The van der Waals surface area contributed by atoms with Crippen LogP contribution in [0.5, 0.6) is 0 Å². The van der Waals surface area contributed by atoms with Crippen molar-refractivity contribution in [1.29, 1.82) is 0 Å². The van der Waals surface area contributed by atoms with Crippen LogP contribution in [0.2, 0.25) is 0 Å². The zero-order chi connectivity index (χ0) is 43.1. The van der Waals surface area contributed by atoms with Gasteiger partial charge < -0.3 is 59.1 Å². The number of guanidine groups is 1. The summed E-state index contributed by atoms with van der Waals surface area (Å²) in [5.41, 5.74) is 23.2. The Morgan fingerprint density at radius 1 is 0.776 bits per heavy atom. The summed E-state index contributed by atoms with van der Waals surface area (Å²) >= 11 is 0. The molecule has 0 aromatic heterocycles. The number of carbonyl (C=O) groups excluding carboxylic acids is 7. The van der Waals surface area contributed by atoms with E-state index in [0.717, 1.165) is 5.56 Å². The van der Waals surface area contributed by atoms with Crippen molar-refractivity contribution in [3.05, 3.63) is 35.9 Å². The van der Waals surface area contributed by atoms with E-state index < -0.39 is 95.5 Å². The average Bonchev–Trinajstić information content (AvgIpc) is 3.87. The van der Waals surface area contributed by atoms with Crippen LogP contribution in [0.4, 0.5) is 0 Å². The predicted molar refractivity (Wildman–Crippen MR) is 212 cm³/mol. The number of nitrogens with two attached hydrogens (primary N) is 4. The minimum Gasteiger partial charge on any atom is -0.480 e. The lowest BCUT2D eigenvalue weighted by Gasteiger charge is -2.34. The van der Waals surface area contributed by atoms with E-state index in [9.17, 15) is 43.5 Å². The van der Waals surface area contributed by atoms with E-state index in [2.05, 4.69) is 26.3 Å². The quantitative estimate of drug-likeness (QED) is 0.0355. The lowest BCUT2D eigenvalue weighted by Crippen LogP contribution is -2.60. The van der Waals surface area contributed by atoms with E-state index >= 15 is 0 Å². The van der Waals surface area contributed by atoms with Crippen molar-refractivity contribution >= 4 is 53.3 Å². The highest BCUT2D eigenvalue weighted by molar-refractivity contribution is 5.97. The van der Waals surface area contributed by atoms with Gasteiger partial charge in [-0.25, -0.2) is 4.79 Å². The maximum Gasteiger partial charge on any atom is 0.326 e. The fourth-order valence-electron chi connectivity index (χ4n) is 6.96. The van der Waals surface area contributed by atoms with Crippen LogP contribution in [0.15, 0.2) is 35.3 Å². The van der Waals surface area contributed by atoms with Crippen LogP contribution < -0.4 is 44.2 Å². The largest absolute Gasteiger partial charge is 0.480 e. The molecule has 0 saturated carbocycles. The fourth-order valence-corrected chi connectivity index (χ4v) is 6.96. The number of primary amides is 1. The number of aliphatic imine (C=N–C) groups is 1. The van der Waals surface area contributed by atoms with E-state index in [1.807, 2.05) is 6.07 Å². The summed E-state index contributed by atoms with van der Waals surface area (Å²) in [5.74, 6) is -6.54. The van der Waals surface area contributed by atoms with Gasteiger partial charge in [0.25, 0.3) is 0 Å². The molecule has 0 spiro atoms. The third-order valence-corrected chi connectivity index (χ3v) is 10.2. The number of benzene rings is 1. The Balaban J connectivity index is 1.76. The maximum atomic E-state index is 14.1. The first kappa shape index (κ1) is 46.6. The van der Waals surface area contributed by atoms with Gasteiger partial charge in [-0.05, 0) is 69.8 Å². The zero-order valence-corrected chi connectivity index (χ0v) is 33.4. The third kappa shape index (κ3) is 13.7. The molecule has 2 saturated heterocycles. The van der Waals surface area contributed by atoms with Crippen molar-refractivity contribution in [3.63, 3.8) is 0 Å². The van der Waals surface area contributed by atoms with Crippen molar-refractivity contribution in [2.45, 2.75) is 121 Å². The number of aliphatic carboxylic acids is 1. The number of likely N-dealkylation sites (tertiary alicyclic amines) is 2. The molecule has 7 atom stereocenters. The van der Waals surface area contributed by atoms with Crippen molar-refractivity contribution in [3.8, 4) is 0 Å². The predicted octanol–water partition coefficient (Wildman–Crippen LogP) is -2.44. The number of carbonyl (C=O) groups is 8. The van der Waals surface area contributed by atoms with Gasteiger partial charge in [-0.2, -0.15) is 0 Å². The molecule has 20 nitrogen and oxygen atoms in total. The number of carboxylic acid groups (broad SMARTS) is 1. The van der Waals surface area contributed by atoms with Crippen LogP contribution in [0.1, 0.15) is 77.7 Å². The second-order valence-corrected chi connectivity index (χ2v) is 15.1. The van der Waals surface area contributed by atoms with Gasteiger partial charge in [0.15, 0.2) is 5.96 Å². The molecule has 0 aliphatic carbocycles. The molecule has 0 unspecified atom stereocenters. The highest BCUT2D eigenvalue weighted by atomic mass is 16.4. The number of amides is 7. The normalized spacial score (nSPS) is 18.9. The Morgan fingerprint density at radius 2 is 1.36 bits per heavy atom. The maximum absolute atomic E-state index is 14.1. The third-order valence-electron chi connectivity index (χ3n) is 10.2. The van der Waals surface area contributed by atoms with Gasteiger partial charge in [0.2, 0.25) is 41.4 Å². The summed E-state index contributed by atoms with van der Waals surface area (Å²) in [6.45, 7) is 5.36. The summed E-state index contributed by atoms with van der Waals surface area (Å²) in [5, 5.41) is 20.0. The number of nitrogens with one attached hydrogen (secondary N) is 4. The Bertz CT molecular complexity index is 1670. The molecule has 1 aromatic rings. The number of rotatable bonds is 21. The van der Waals surface area contributed by atoms with E-state index in [4.69, 9.17) is 22.9 Å². The van der Waals surface area contributed by atoms with Gasteiger partial charge in [0.1, 0.15) is 36.3 Å². The van der Waals surface area contributed by atoms with Crippen LogP contribution in [-0.4, -0.2) is 130 Å². The van der Waals surface area contributed by atoms with E-state index in [1.165, 1.54) is 16.7 Å². The van der Waals surface area contributed by atoms with Gasteiger partial charge in [0.05, 0.1) is 6.04 Å². The number of hydrogen-bond acceptors (Lipinski definition) is 10. The molecule has 2 aliphatic rings. The van der Waals surface area contributed by atoms with Crippen LogP contribution in [0.3, 0.4) is 0 Å². The molecule has 1 aromatic carbocycles. The highest BCUT2D eigenvalue weighted by Crippen LogP contribution is 2.26. The topological polar surface area (TPSA) is 328 Å². The molecule has 2 heterocycles. The van der Waals surface area contributed by atoms with Gasteiger partial charge in [-0.3, -0.25) is 38.6 Å². The van der Waals surface area contributed by atoms with Gasteiger partial charge in [-0.1, -0.05) is 44.2 Å². The standard InChI is InChI=1S/C38H59N11O9/c1-21(2)30(36(56)48-18-8-13-27(48)35(55)49-19-9-14-28(49)37(57)58)47-34(54)25(12-7-17-43-38(41)42)46-33(53)26(15-16-29(40)50)45-31(51)22(3)44-32(52)24(39)20-23-10-5-4-6-11-23/h4-6,10-11,21-22,24-28,30H,7-9,12-20,39H2,1-3H3,(H2,40,50)(H,44,52)(H,45,51)(H,46,53)(H,47,54)(H,57,58)(H4,41,42,43)/t22-,24-,25-,26-,27-,28-,30-/m0/s1. The monoisotopic (exact) mass is 813 g/mol. The summed E-state index contributed by atoms with van der Waals surface area (Å²) < 4.78 is 0. The smallest absolute Gasteiger partial charge is 0.326 e. The highest BCUT2D eigenvalue weighted by Gasteiger charge is 2.44. The SMILES string of the molecule is CC(C)[C@H](NC(=O)[C@H](CCCN=C(N)N)NC(=O)[C@H](CCC(N)=O)NC(=O)[C@H](C)NC(=O)[C@@H](N)Cc1ccccc1)C(=O)N1CCC[C@H]1C(=O)N1CCC[C@H]1C(=O)O. The molecule has 58 heavy (non-hydrogen) atoms. The summed E-state index contributed by atoms with van der Waals surface area (Å²) in [6.07, 6.45) is 1.49. The molecule has 20 heteroatoms. The molecule has 0 radical (unpaired) electrons. The van der Waals surface area contributed by atoms with Gasteiger partial charge in [0, 0.05) is 26.1 Å². The molecule has 7 amide bonds. The summed E-state index contributed by atoms with van der Waals surface area (Å²) in [6, 6.07) is 1.21. The molecule has 13 N–H and O–H groups in total. The Labute approximate surface area is 337 Å². The first-order valence-electron chi connectivity index (χ1n) is 19.6. The second-order valence-electron chi connectivity index (χ2n) is 15.1. The van der Waals surface area contributed by atoms with Gasteiger partial charge in [-0.15, -0.1) is 0 Å². The number of hydrogen-bond donors (Lipinski definition) is 9. The Morgan fingerprint density at radius 3 is 1.97 bits per heavy atom. The first-order valence-corrected chi connectivity index (χ1v) is 19.6. The molecule has 2 aliphatic heterocycles. The number of nitrogens with zero attached hydrogens (tertiary/aromatic N) is 3. The molecule has 0 bridgehead atoms. The van der Waals surface area contributed by atoms with Crippen LogP contribution in [0.25, 0.3) is 0 Å².